The summed E-state index contributed by atoms with van der Waals surface area (Å²) in [6, 6.07) is 0. The zero-order valence-corrected chi connectivity index (χ0v) is 23.0. The van der Waals surface area contributed by atoms with Crippen molar-refractivity contribution in [3.8, 4) is 0 Å². The summed E-state index contributed by atoms with van der Waals surface area (Å²) >= 11 is 0. The molecule has 0 spiro atoms. The van der Waals surface area contributed by atoms with E-state index in [0.29, 0.717) is 12.8 Å². The van der Waals surface area contributed by atoms with Crippen molar-refractivity contribution in [3.63, 3.8) is 0 Å². The molecule has 0 aromatic heterocycles. The van der Waals surface area contributed by atoms with Gasteiger partial charge in [0.05, 0.1) is 19.8 Å². The molecule has 230 valence electrons. The highest BCUT2D eigenvalue weighted by Gasteiger charge is 2.50. The summed E-state index contributed by atoms with van der Waals surface area (Å²) < 4.78 is 22.1. The number of esters is 2. The number of hydrogen-bond acceptors (Lipinski definition) is 13. The van der Waals surface area contributed by atoms with Crippen molar-refractivity contribution in [1.82, 2.24) is 0 Å². The van der Waals surface area contributed by atoms with E-state index in [0.717, 1.165) is 38.5 Å². The fourth-order valence-corrected chi connectivity index (χ4v) is 4.10. The molecule has 0 bridgehead atoms. The van der Waals surface area contributed by atoms with Crippen LogP contribution in [0.3, 0.4) is 0 Å². The lowest BCUT2D eigenvalue weighted by molar-refractivity contribution is -0.311. The summed E-state index contributed by atoms with van der Waals surface area (Å²) in [5.41, 5.74) is 0. The Hall–Kier alpha value is -1.42. The molecule has 1 rings (SSSR count). The van der Waals surface area contributed by atoms with Gasteiger partial charge in [-0.3, -0.25) is 9.59 Å². The first-order chi connectivity index (χ1) is 18.6. The molecular weight excluding hydrogens is 520 g/mol. The molecule has 0 radical (unpaired) electrons. The molecule has 9 atom stereocenters. The third-order valence-corrected chi connectivity index (χ3v) is 6.56. The van der Waals surface area contributed by atoms with Crippen LogP contribution >= 0.6 is 0 Å². The summed E-state index contributed by atoms with van der Waals surface area (Å²) in [6.07, 6.45) is -7.97. The number of hydrogen-bond donors (Lipinski definition) is 7. The van der Waals surface area contributed by atoms with E-state index in [-0.39, 0.29) is 12.8 Å². The Kier molecular flexibility index (Phi) is 17.9. The second kappa shape index (κ2) is 19.6. The van der Waals surface area contributed by atoms with Gasteiger partial charge in [0.25, 0.3) is 0 Å². The van der Waals surface area contributed by atoms with Crippen molar-refractivity contribution in [1.29, 1.82) is 0 Å². The van der Waals surface area contributed by atoms with E-state index >= 15 is 0 Å². The maximum Gasteiger partial charge on any atom is 0.306 e. The van der Waals surface area contributed by atoms with E-state index < -0.39 is 86.9 Å². The van der Waals surface area contributed by atoms with Crippen molar-refractivity contribution in [3.05, 3.63) is 0 Å². The van der Waals surface area contributed by atoms with E-state index in [4.69, 9.17) is 24.1 Å². The molecule has 39 heavy (non-hydrogen) atoms. The molecular formula is C26H48O13. The molecule has 1 aliphatic heterocycles. The minimum absolute atomic E-state index is 0.0518. The van der Waals surface area contributed by atoms with Gasteiger partial charge in [-0.05, 0) is 12.8 Å². The van der Waals surface area contributed by atoms with Gasteiger partial charge in [-0.25, -0.2) is 0 Å². The molecule has 0 aromatic carbocycles. The Morgan fingerprint density at radius 3 is 1.85 bits per heavy atom. The number of ether oxygens (including phenoxy) is 4. The summed E-state index contributed by atoms with van der Waals surface area (Å²) in [4.78, 5) is 25.2. The number of carbonyl (C=O) groups excluding carboxylic acids is 2. The zero-order valence-electron chi connectivity index (χ0n) is 23.0. The highest BCUT2D eigenvalue weighted by molar-refractivity contribution is 5.70. The lowest BCUT2D eigenvalue weighted by atomic mass is 9.98. The number of aliphatic hydroxyl groups is 7. The van der Waals surface area contributed by atoms with Gasteiger partial charge in [0, 0.05) is 12.8 Å². The van der Waals surface area contributed by atoms with Crippen molar-refractivity contribution in [2.45, 2.75) is 133 Å². The van der Waals surface area contributed by atoms with Crippen LogP contribution in [0.2, 0.25) is 0 Å². The Bertz CT molecular complexity index is 678. The Morgan fingerprint density at radius 2 is 1.28 bits per heavy atom. The van der Waals surface area contributed by atoms with Crippen molar-refractivity contribution in [2.75, 3.05) is 19.8 Å². The quantitative estimate of drug-likeness (QED) is 0.0714. The lowest BCUT2D eigenvalue weighted by Gasteiger charge is -2.43. The van der Waals surface area contributed by atoms with Crippen LogP contribution in [0.4, 0.5) is 0 Å². The minimum atomic E-state index is -1.92. The van der Waals surface area contributed by atoms with E-state index in [2.05, 4.69) is 6.92 Å². The molecule has 0 saturated carbocycles. The molecule has 0 unspecified atom stereocenters. The van der Waals surface area contributed by atoms with Crippen LogP contribution in [0.25, 0.3) is 0 Å². The van der Waals surface area contributed by atoms with Gasteiger partial charge < -0.3 is 54.7 Å². The number of unbranched alkanes of at least 4 members (excludes halogenated alkanes) is 6. The fourth-order valence-electron chi connectivity index (χ4n) is 4.10. The largest absolute Gasteiger partial charge is 0.455 e. The molecule has 13 nitrogen and oxygen atoms in total. The predicted octanol–water partition coefficient (Wildman–Crippen LogP) is -0.719. The molecule has 0 amide bonds. The Morgan fingerprint density at radius 1 is 0.769 bits per heavy atom. The minimum Gasteiger partial charge on any atom is -0.455 e. The average Bonchev–Trinajstić information content (AvgIpc) is 2.92. The van der Waals surface area contributed by atoms with Gasteiger partial charge in [0.2, 0.25) is 0 Å². The van der Waals surface area contributed by atoms with Crippen LogP contribution in [-0.2, 0) is 28.5 Å². The van der Waals surface area contributed by atoms with E-state index in [1.807, 2.05) is 6.92 Å². The van der Waals surface area contributed by atoms with Crippen LogP contribution in [-0.4, -0.2) is 123 Å². The predicted molar refractivity (Wildman–Crippen MR) is 136 cm³/mol. The van der Waals surface area contributed by atoms with Crippen LogP contribution < -0.4 is 0 Å². The topological polar surface area (TPSA) is 213 Å². The molecule has 0 aromatic rings. The zero-order chi connectivity index (χ0) is 29.4. The van der Waals surface area contributed by atoms with Crippen LogP contribution in [0.5, 0.6) is 0 Å². The number of aliphatic hydroxyl groups excluding tert-OH is 7. The SMILES string of the molecule is CCCCCCCC(=O)O[C@@H]1[C@H](OC[C@@H](O)[C@@H](O)[C@H](O)[C@H](O)CO)O[C@H](CO)[C@@H](O)[C@@H]1OC(=O)CCCCC. The molecule has 1 saturated heterocycles. The van der Waals surface area contributed by atoms with Crippen molar-refractivity contribution in [2.24, 2.45) is 0 Å². The smallest absolute Gasteiger partial charge is 0.306 e. The number of rotatable bonds is 20. The lowest BCUT2D eigenvalue weighted by Crippen LogP contribution is -2.62. The summed E-state index contributed by atoms with van der Waals surface area (Å²) in [5, 5.41) is 69.1. The highest BCUT2D eigenvalue weighted by Crippen LogP contribution is 2.28. The fraction of sp³-hybridized carbons (Fsp3) is 0.923. The molecule has 1 aliphatic rings. The van der Waals surface area contributed by atoms with Crippen LogP contribution in [0, 0.1) is 0 Å². The molecule has 7 N–H and O–H groups in total. The standard InChI is InChI=1S/C26H48O13/c1-3-5-7-8-10-12-20(32)39-25-24(38-19(31)11-9-6-4-2)23(35)18(14-28)37-26(25)36-15-17(30)22(34)21(33)16(29)13-27/h16-18,21-30,33-35H,3-15H2,1-2H3/t16-,17-,18-,21-,22-,23-,24+,25+,26-/m1/s1. The van der Waals surface area contributed by atoms with Gasteiger partial charge in [-0.15, -0.1) is 0 Å². The van der Waals surface area contributed by atoms with E-state index in [1.54, 1.807) is 0 Å². The summed E-state index contributed by atoms with van der Waals surface area (Å²) in [5.74, 6) is -1.31. The molecule has 0 aliphatic carbocycles. The number of carbonyl (C=O) groups is 2. The third kappa shape index (κ3) is 12.3. The maximum absolute atomic E-state index is 12.7. The first kappa shape index (κ1) is 35.6. The van der Waals surface area contributed by atoms with E-state index in [1.165, 1.54) is 0 Å². The Labute approximate surface area is 229 Å². The van der Waals surface area contributed by atoms with Crippen molar-refractivity contribution >= 4 is 11.9 Å². The van der Waals surface area contributed by atoms with E-state index in [9.17, 15) is 40.2 Å². The first-order valence-corrected chi connectivity index (χ1v) is 13.9. The third-order valence-electron chi connectivity index (χ3n) is 6.56. The first-order valence-electron chi connectivity index (χ1n) is 13.9. The Balaban J connectivity index is 3.03. The van der Waals surface area contributed by atoms with Gasteiger partial charge in [-0.2, -0.15) is 0 Å². The van der Waals surface area contributed by atoms with Crippen LogP contribution in [0.15, 0.2) is 0 Å². The molecule has 13 heteroatoms. The summed E-state index contributed by atoms with van der Waals surface area (Å²) in [6.45, 7) is 1.76. The second-order valence-electron chi connectivity index (χ2n) is 9.88. The van der Waals surface area contributed by atoms with Gasteiger partial charge >= 0.3 is 11.9 Å². The second-order valence-corrected chi connectivity index (χ2v) is 9.88. The average molecular weight is 569 g/mol. The summed E-state index contributed by atoms with van der Waals surface area (Å²) in [7, 11) is 0. The highest BCUT2D eigenvalue weighted by atomic mass is 16.7. The maximum atomic E-state index is 12.7. The van der Waals surface area contributed by atoms with Crippen molar-refractivity contribution < 1.29 is 64.3 Å². The van der Waals surface area contributed by atoms with Crippen LogP contribution in [0.1, 0.15) is 78.1 Å². The van der Waals surface area contributed by atoms with Gasteiger partial charge in [0.1, 0.15) is 36.6 Å². The monoisotopic (exact) mass is 568 g/mol. The van der Waals surface area contributed by atoms with Gasteiger partial charge in [-0.1, -0.05) is 52.4 Å². The normalized spacial score (nSPS) is 26.4. The van der Waals surface area contributed by atoms with Gasteiger partial charge in [0.15, 0.2) is 18.5 Å². The molecule has 1 fully saturated rings. The molecule has 1 heterocycles.